The zero-order valence-corrected chi connectivity index (χ0v) is 10.7. The largest absolute Gasteiger partial charge is 0.369 e. The third-order valence-corrected chi connectivity index (χ3v) is 4.05. The maximum Gasteiger partial charge on any atom is 0.277 e. The predicted octanol–water partition coefficient (Wildman–Crippen LogP) is 0.321. The summed E-state index contributed by atoms with van der Waals surface area (Å²) in [6, 6.07) is 8.20. The molecular weight excluding hydrogens is 238 g/mol. The Hall–Kier alpha value is -1.11. The normalized spacial score (nSPS) is 18.4. The Morgan fingerprint density at radius 3 is 2.35 bits per heavy atom. The highest BCUT2D eigenvalue weighted by atomic mass is 32.2. The Morgan fingerprint density at radius 2 is 1.82 bits per heavy atom. The van der Waals surface area contributed by atoms with Crippen molar-refractivity contribution in [3.63, 3.8) is 0 Å². The fraction of sp³-hybridized carbons (Fsp3) is 0.455. The minimum absolute atomic E-state index is 0.451. The molecule has 1 fully saturated rings. The Bertz CT molecular complexity index is 493. The molecular formula is C11H17N3O2S. The first kappa shape index (κ1) is 12.3. The van der Waals surface area contributed by atoms with E-state index in [0.29, 0.717) is 26.2 Å². The Kier molecular flexibility index (Phi) is 3.37. The number of hydrogen-bond acceptors (Lipinski definition) is 3. The first-order valence-electron chi connectivity index (χ1n) is 5.56. The van der Waals surface area contributed by atoms with E-state index in [-0.39, 0.29) is 0 Å². The van der Waals surface area contributed by atoms with Crippen LogP contribution in [0, 0.1) is 6.92 Å². The Balaban J connectivity index is 2.05. The molecule has 2 rings (SSSR count). The molecule has 0 bridgehead atoms. The van der Waals surface area contributed by atoms with Crippen LogP contribution in [-0.2, 0) is 10.2 Å². The van der Waals surface area contributed by atoms with Crippen molar-refractivity contribution < 1.29 is 8.42 Å². The van der Waals surface area contributed by atoms with E-state index in [1.807, 2.05) is 25.1 Å². The van der Waals surface area contributed by atoms with E-state index in [2.05, 4.69) is 11.0 Å². The Labute approximate surface area is 102 Å². The molecule has 0 saturated carbocycles. The average molecular weight is 255 g/mol. The van der Waals surface area contributed by atoms with Crippen LogP contribution in [0.5, 0.6) is 0 Å². The number of rotatable bonds is 2. The molecule has 1 aromatic rings. The molecule has 1 aromatic carbocycles. The summed E-state index contributed by atoms with van der Waals surface area (Å²) in [4.78, 5) is 2.18. The quantitative estimate of drug-likeness (QED) is 0.827. The molecule has 5 nitrogen and oxygen atoms in total. The van der Waals surface area contributed by atoms with E-state index in [1.54, 1.807) is 0 Å². The van der Waals surface area contributed by atoms with Crippen LogP contribution in [0.2, 0.25) is 0 Å². The van der Waals surface area contributed by atoms with Crippen molar-refractivity contribution in [3.05, 3.63) is 29.8 Å². The van der Waals surface area contributed by atoms with Gasteiger partial charge in [0, 0.05) is 31.9 Å². The number of anilines is 1. The second-order valence-corrected chi connectivity index (χ2v) is 5.82. The molecule has 17 heavy (non-hydrogen) atoms. The van der Waals surface area contributed by atoms with Crippen LogP contribution in [0.4, 0.5) is 5.69 Å². The van der Waals surface area contributed by atoms with Gasteiger partial charge in [-0.05, 0) is 24.6 Å². The van der Waals surface area contributed by atoms with E-state index in [0.717, 1.165) is 5.69 Å². The molecule has 94 valence electrons. The van der Waals surface area contributed by atoms with Gasteiger partial charge in [-0.2, -0.15) is 12.7 Å². The Morgan fingerprint density at radius 1 is 1.18 bits per heavy atom. The van der Waals surface area contributed by atoms with Crippen LogP contribution >= 0.6 is 0 Å². The number of nitrogens with two attached hydrogens (primary N) is 1. The van der Waals surface area contributed by atoms with Crippen LogP contribution in [-0.4, -0.2) is 38.9 Å². The molecule has 0 atom stereocenters. The van der Waals surface area contributed by atoms with Crippen molar-refractivity contribution in [1.82, 2.24) is 4.31 Å². The summed E-state index contributed by atoms with van der Waals surface area (Å²) in [5.74, 6) is 0. The first-order chi connectivity index (χ1) is 7.97. The van der Waals surface area contributed by atoms with Crippen molar-refractivity contribution in [2.45, 2.75) is 6.92 Å². The van der Waals surface area contributed by atoms with E-state index in [1.165, 1.54) is 9.87 Å². The van der Waals surface area contributed by atoms with Gasteiger partial charge in [-0.15, -0.1) is 0 Å². The third kappa shape index (κ3) is 2.96. The molecule has 2 N–H and O–H groups in total. The molecule has 0 amide bonds. The maximum absolute atomic E-state index is 11.2. The van der Waals surface area contributed by atoms with Gasteiger partial charge in [0.25, 0.3) is 10.2 Å². The predicted molar refractivity (Wildman–Crippen MR) is 68.1 cm³/mol. The number of aryl methyl sites for hydroxylation is 1. The molecule has 1 aliphatic heterocycles. The molecule has 1 heterocycles. The summed E-state index contributed by atoms with van der Waals surface area (Å²) < 4.78 is 23.7. The van der Waals surface area contributed by atoms with E-state index >= 15 is 0 Å². The summed E-state index contributed by atoms with van der Waals surface area (Å²) in [5, 5.41) is 5.10. The van der Waals surface area contributed by atoms with Gasteiger partial charge < -0.3 is 4.90 Å². The van der Waals surface area contributed by atoms with Gasteiger partial charge in [0.05, 0.1) is 0 Å². The van der Waals surface area contributed by atoms with Gasteiger partial charge in [0.2, 0.25) is 0 Å². The van der Waals surface area contributed by atoms with Crippen molar-refractivity contribution in [2.24, 2.45) is 5.14 Å². The molecule has 0 aromatic heterocycles. The van der Waals surface area contributed by atoms with E-state index < -0.39 is 10.2 Å². The van der Waals surface area contributed by atoms with Crippen molar-refractivity contribution in [3.8, 4) is 0 Å². The summed E-state index contributed by atoms with van der Waals surface area (Å²) in [5.41, 5.74) is 2.34. The first-order valence-corrected chi connectivity index (χ1v) is 7.06. The van der Waals surface area contributed by atoms with E-state index in [4.69, 9.17) is 5.14 Å². The molecule has 0 radical (unpaired) electrons. The van der Waals surface area contributed by atoms with Crippen LogP contribution in [0.15, 0.2) is 24.3 Å². The fourth-order valence-electron chi connectivity index (χ4n) is 2.03. The lowest BCUT2D eigenvalue weighted by atomic mass is 10.2. The average Bonchev–Trinajstić information content (AvgIpc) is 2.28. The monoisotopic (exact) mass is 255 g/mol. The zero-order valence-electron chi connectivity index (χ0n) is 9.83. The number of nitrogens with zero attached hydrogens (tertiary/aromatic N) is 2. The molecule has 1 saturated heterocycles. The second-order valence-electron chi connectivity index (χ2n) is 4.27. The summed E-state index contributed by atoms with van der Waals surface area (Å²) >= 11 is 0. The molecule has 1 aliphatic rings. The minimum Gasteiger partial charge on any atom is -0.369 e. The maximum atomic E-state index is 11.2. The standard InChI is InChI=1S/C11H17N3O2S/c1-10-3-2-4-11(9-10)13-5-7-14(8-6-13)17(12,15)16/h2-4,9H,5-8H2,1H3,(H2,12,15,16). The molecule has 6 heteroatoms. The SMILES string of the molecule is Cc1cccc(N2CCN(S(N)(=O)=O)CC2)c1. The smallest absolute Gasteiger partial charge is 0.277 e. The van der Waals surface area contributed by atoms with Crippen LogP contribution < -0.4 is 10.0 Å². The van der Waals surface area contributed by atoms with Gasteiger partial charge >= 0.3 is 0 Å². The van der Waals surface area contributed by atoms with Gasteiger partial charge in [0.15, 0.2) is 0 Å². The van der Waals surface area contributed by atoms with Crippen LogP contribution in [0.1, 0.15) is 5.56 Å². The molecule has 0 aliphatic carbocycles. The fourth-order valence-corrected chi connectivity index (χ4v) is 2.70. The van der Waals surface area contributed by atoms with Gasteiger partial charge in [0.1, 0.15) is 0 Å². The summed E-state index contributed by atoms with van der Waals surface area (Å²) in [7, 11) is -3.53. The van der Waals surface area contributed by atoms with E-state index in [9.17, 15) is 8.42 Å². The lowest BCUT2D eigenvalue weighted by molar-refractivity contribution is 0.385. The highest BCUT2D eigenvalue weighted by molar-refractivity contribution is 7.86. The van der Waals surface area contributed by atoms with Crippen molar-refractivity contribution in [1.29, 1.82) is 0 Å². The van der Waals surface area contributed by atoms with Crippen LogP contribution in [0.25, 0.3) is 0 Å². The minimum atomic E-state index is -3.53. The topological polar surface area (TPSA) is 66.6 Å². The highest BCUT2D eigenvalue weighted by Gasteiger charge is 2.23. The highest BCUT2D eigenvalue weighted by Crippen LogP contribution is 2.18. The number of benzene rings is 1. The lowest BCUT2D eigenvalue weighted by Crippen LogP contribution is -2.50. The zero-order chi connectivity index (χ0) is 12.5. The lowest BCUT2D eigenvalue weighted by Gasteiger charge is -2.34. The molecule has 0 spiro atoms. The third-order valence-electron chi connectivity index (χ3n) is 2.97. The summed E-state index contributed by atoms with van der Waals surface area (Å²) in [6.07, 6.45) is 0. The second kappa shape index (κ2) is 4.64. The van der Waals surface area contributed by atoms with Crippen molar-refractivity contribution >= 4 is 15.9 Å². The van der Waals surface area contributed by atoms with Gasteiger partial charge in [-0.3, -0.25) is 0 Å². The van der Waals surface area contributed by atoms with Crippen LogP contribution in [0.3, 0.4) is 0 Å². The number of piperazine rings is 1. The van der Waals surface area contributed by atoms with Gasteiger partial charge in [-0.1, -0.05) is 12.1 Å². The number of hydrogen-bond donors (Lipinski definition) is 1. The van der Waals surface area contributed by atoms with Crippen molar-refractivity contribution in [2.75, 3.05) is 31.1 Å². The van der Waals surface area contributed by atoms with Gasteiger partial charge in [-0.25, -0.2) is 5.14 Å². The summed E-state index contributed by atoms with van der Waals surface area (Å²) in [6.45, 7) is 4.31. The molecule has 0 unspecified atom stereocenters.